The second-order valence-corrected chi connectivity index (χ2v) is 17.8. The molecule has 2 rings (SSSR count). The quantitative estimate of drug-likeness (QED) is 0.0231. The number of nitrogens with zero attached hydrogens (tertiary/aromatic N) is 1. The first-order valence-corrected chi connectivity index (χ1v) is 23.5. The highest BCUT2D eigenvalue weighted by Gasteiger charge is 2.38. The van der Waals surface area contributed by atoms with E-state index in [1.54, 1.807) is 27.7 Å². The molecule has 2 aromatic carbocycles. The molecule has 0 spiro atoms. The molecule has 68 heavy (non-hydrogen) atoms. The fourth-order valence-corrected chi connectivity index (χ4v) is 7.05. The number of carbonyl (C=O) groups is 2. The predicted octanol–water partition coefficient (Wildman–Crippen LogP) is 14.6. The number of alkyl halides is 12. The van der Waals surface area contributed by atoms with E-state index in [1.165, 1.54) is 70.6 Å². The zero-order chi connectivity index (χ0) is 51.1. The minimum Gasteiger partial charge on any atom is -0.356 e. The maximum Gasteiger partial charge on any atom is 0.416 e. The van der Waals surface area contributed by atoms with Gasteiger partial charge in [-0.25, -0.2) is 9.59 Å². The van der Waals surface area contributed by atoms with Crippen molar-refractivity contribution in [2.24, 2.45) is 16.8 Å². The van der Waals surface area contributed by atoms with Gasteiger partial charge in [0, 0.05) is 24.5 Å². The summed E-state index contributed by atoms with van der Waals surface area (Å²) in [5.74, 6) is -0.516. The smallest absolute Gasteiger partial charge is 0.356 e. The van der Waals surface area contributed by atoms with Crippen molar-refractivity contribution in [1.82, 2.24) is 21.3 Å². The molecule has 0 unspecified atom stereocenters. The molecule has 9 nitrogen and oxygen atoms in total. The van der Waals surface area contributed by atoms with Gasteiger partial charge < -0.3 is 31.9 Å². The number of amides is 4. The van der Waals surface area contributed by atoms with Crippen LogP contribution in [0.2, 0.25) is 0 Å². The Labute approximate surface area is 392 Å². The number of hydrogen-bond donors (Lipinski definition) is 6. The highest BCUT2D eigenvalue weighted by molar-refractivity contribution is 5.90. The molecule has 0 aliphatic rings. The lowest BCUT2D eigenvalue weighted by atomic mass is 10.0. The summed E-state index contributed by atoms with van der Waals surface area (Å²) in [5.41, 5.74) is -7.94. The van der Waals surface area contributed by atoms with Gasteiger partial charge in [-0.2, -0.15) is 52.7 Å². The Hall–Kier alpha value is -4.59. The van der Waals surface area contributed by atoms with Crippen molar-refractivity contribution >= 4 is 29.4 Å². The van der Waals surface area contributed by atoms with Crippen LogP contribution in [0.1, 0.15) is 160 Å². The van der Waals surface area contributed by atoms with E-state index in [0.717, 1.165) is 32.1 Å². The Morgan fingerprint density at radius 3 is 1.12 bits per heavy atom. The Kier molecular flexibility index (Phi) is 25.2. The third-order valence-corrected chi connectivity index (χ3v) is 11.2. The largest absolute Gasteiger partial charge is 0.416 e. The molecule has 2 atom stereocenters. The van der Waals surface area contributed by atoms with Crippen LogP contribution in [0.3, 0.4) is 0 Å². The third kappa shape index (κ3) is 24.1. The van der Waals surface area contributed by atoms with Crippen LogP contribution < -0.4 is 31.9 Å². The van der Waals surface area contributed by atoms with Gasteiger partial charge in [-0.1, -0.05) is 131 Å². The Bertz CT molecular complexity index is 1770. The normalized spacial score (nSPS) is 13.7. The summed E-state index contributed by atoms with van der Waals surface area (Å²) in [6, 6.07) is -2.39. The number of carbonyl (C=O) groups excluding carboxylic acids is 2. The fourth-order valence-electron chi connectivity index (χ4n) is 7.05. The zero-order valence-electron chi connectivity index (χ0n) is 39.5. The number of benzene rings is 2. The third-order valence-electron chi connectivity index (χ3n) is 11.2. The topological polar surface area (TPSA) is 119 Å². The average molecular weight is 992 g/mol. The maximum absolute atomic E-state index is 13.4. The zero-order valence-corrected chi connectivity index (χ0v) is 39.5. The molecular formula is C47H69F12N7O2. The fraction of sp³-hybridized carbons (Fsp3) is 0.681. The number of hydrogen-bond acceptors (Lipinski definition) is 3. The Morgan fingerprint density at radius 1 is 0.471 bits per heavy atom. The first kappa shape index (κ1) is 59.5. The molecule has 4 amide bonds. The SMILES string of the molecule is CCCCCCCCCCCCCCCCCCNC(=NC[C@@H](NC(=O)Nc1cc(C(F)(F)F)cc(C(F)(F)F)c1)C(C)C)NC[C@@H](NC(=O)Nc1cc(C(F)(F)F)cc(C(F)(F)F)c1)C(C)C. The van der Waals surface area contributed by atoms with Gasteiger partial charge in [-0.3, -0.25) is 4.99 Å². The second kappa shape index (κ2) is 28.8. The second-order valence-electron chi connectivity index (χ2n) is 17.8. The lowest BCUT2D eigenvalue weighted by Crippen LogP contribution is -2.51. The summed E-state index contributed by atoms with van der Waals surface area (Å²) in [4.78, 5) is 30.5. The van der Waals surface area contributed by atoms with Crippen LogP contribution in [0.5, 0.6) is 0 Å². The van der Waals surface area contributed by atoms with Crippen LogP contribution in [0.4, 0.5) is 73.6 Å². The van der Waals surface area contributed by atoms with Gasteiger partial charge in [0.1, 0.15) is 0 Å². The van der Waals surface area contributed by atoms with Crippen molar-refractivity contribution in [1.29, 1.82) is 0 Å². The van der Waals surface area contributed by atoms with E-state index in [9.17, 15) is 62.3 Å². The van der Waals surface area contributed by atoms with Crippen molar-refractivity contribution in [2.45, 2.75) is 174 Å². The number of nitrogens with one attached hydrogen (secondary N) is 6. The average Bonchev–Trinajstić information content (AvgIpc) is 3.22. The summed E-state index contributed by atoms with van der Waals surface area (Å²) >= 11 is 0. The molecular weight excluding hydrogens is 923 g/mol. The lowest BCUT2D eigenvalue weighted by molar-refractivity contribution is -0.144. The summed E-state index contributed by atoms with van der Waals surface area (Å²) in [7, 11) is 0. The highest BCUT2D eigenvalue weighted by Crippen LogP contribution is 2.39. The van der Waals surface area contributed by atoms with Crippen molar-refractivity contribution in [3.8, 4) is 0 Å². The molecule has 6 N–H and O–H groups in total. The van der Waals surface area contributed by atoms with Gasteiger partial charge in [-0.05, 0) is 54.7 Å². The molecule has 0 aliphatic heterocycles. The molecule has 0 saturated heterocycles. The van der Waals surface area contributed by atoms with Crippen LogP contribution in [-0.2, 0) is 24.7 Å². The summed E-state index contributed by atoms with van der Waals surface area (Å²) in [6.07, 6.45) is -1.77. The van der Waals surface area contributed by atoms with E-state index < -0.39 is 82.5 Å². The number of rotatable bonds is 27. The van der Waals surface area contributed by atoms with E-state index in [-0.39, 0.29) is 43.0 Å². The molecule has 21 heteroatoms. The first-order chi connectivity index (χ1) is 31.7. The van der Waals surface area contributed by atoms with Crippen LogP contribution in [0.25, 0.3) is 0 Å². The molecule has 0 heterocycles. The summed E-state index contributed by atoms with van der Waals surface area (Å²) in [5, 5.41) is 15.5. The number of urea groups is 2. The van der Waals surface area contributed by atoms with E-state index in [4.69, 9.17) is 0 Å². The minimum atomic E-state index is -5.14. The van der Waals surface area contributed by atoms with Crippen molar-refractivity contribution in [2.75, 3.05) is 30.3 Å². The molecule has 2 aromatic rings. The molecule has 0 saturated carbocycles. The van der Waals surface area contributed by atoms with Gasteiger partial charge >= 0.3 is 36.8 Å². The maximum atomic E-state index is 13.4. The lowest BCUT2D eigenvalue weighted by Gasteiger charge is -2.25. The van der Waals surface area contributed by atoms with E-state index in [0.29, 0.717) is 30.8 Å². The van der Waals surface area contributed by atoms with E-state index >= 15 is 0 Å². The molecule has 0 fully saturated rings. The minimum absolute atomic E-state index is 0.0520. The number of anilines is 2. The van der Waals surface area contributed by atoms with E-state index in [2.05, 4.69) is 38.5 Å². The molecule has 0 bridgehead atoms. The molecule has 0 aromatic heterocycles. The van der Waals surface area contributed by atoms with Crippen molar-refractivity contribution < 1.29 is 62.3 Å². The predicted molar refractivity (Wildman–Crippen MR) is 242 cm³/mol. The molecule has 0 radical (unpaired) electrons. The number of unbranched alkanes of at least 4 members (excludes halogenated alkanes) is 15. The van der Waals surface area contributed by atoms with Crippen LogP contribution in [-0.4, -0.2) is 49.7 Å². The summed E-state index contributed by atoms with van der Waals surface area (Å²) in [6.45, 7) is 9.25. The van der Waals surface area contributed by atoms with Gasteiger partial charge in [0.15, 0.2) is 5.96 Å². The van der Waals surface area contributed by atoms with Gasteiger partial charge in [-0.15, -0.1) is 0 Å². The van der Waals surface area contributed by atoms with Crippen LogP contribution in [0.15, 0.2) is 41.4 Å². The van der Waals surface area contributed by atoms with Gasteiger partial charge in [0.2, 0.25) is 0 Å². The van der Waals surface area contributed by atoms with E-state index in [1.807, 2.05) is 5.32 Å². The number of aliphatic imine (C=N–C) groups is 1. The first-order valence-electron chi connectivity index (χ1n) is 23.5. The van der Waals surface area contributed by atoms with Crippen molar-refractivity contribution in [3.63, 3.8) is 0 Å². The molecule has 388 valence electrons. The Morgan fingerprint density at radius 2 is 0.794 bits per heavy atom. The highest BCUT2D eigenvalue weighted by atomic mass is 19.4. The number of guanidine groups is 1. The van der Waals surface area contributed by atoms with Crippen molar-refractivity contribution in [3.05, 3.63) is 58.7 Å². The van der Waals surface area contributed by atoms with Gasteiger partial charge in [0.25, 0.3) is 0 Å². The van der Waals surface area contributed by atoms with Crippen LogP contribution in [0, 0.1) is 11.8 Å². The molecule has 0 aliphatic carbocycles. The summed E-state index contributed by atoms with van der Waals surface area (Å²) < 4.78 is 161. The monoisotopic (exact) mass is 992 g/mol. The van der Waals surface area contributed by atoms with Crippen LogP contribution >= 0.6 is 0 Å². The van der Waals surface area contributed by atoms with Gasteiger partial charge in [0.05, 0.1) is 40.9 Å². The number of halogens is 12. The standard InChI is InChI=1S/C47H69F12N7O2/c1-6-7-8-9-10-11-12-13-14-15-16-17-18-19-20-21-22-60-41(61-29-39(31(2)3)65-42(67)63-37-25-33(44(48,49)50)23-34(26-37)45(51,52)53)62-30-40(32(4)5)66-43(68)64-38-27-35(46(54,55)56)24-36(28-38)47(57,58)59/h23-28,31-32,39-40H,6-22,29-30H2,1-5H3,(H2,60,61,62)(H2,63,65,67)(H2,64,66,68)/t39-,40-/m1/s1. The Balaban J connectivity index is 2.13.